The van der Waals surface area contributed by atoms with Gasteiger partial charge in [-0.05, 0) is 24.0 Å². The summed E-state index contributed by atoms with van der Waals surface area (Å²) in [6.45, 7) is 8.89. The normalized spacial score (nSPS) is 11.8. The number of rotatable bonds is 2. The average Bonchev–Trinajstić information content (AvgIpc) is 2.74. The Kier molecular flexibility index (Phi) is 3.29. The van der Waals surface area contributed by atoms with Crippen LogP contribution in [0, 0.1) is 0 Å². The van der Waals surface area contributed by atoms with Gasteiger partial charge in [0.1, 0.15) is 5.01 Å². The average molecular weight is 246 g/mol. The molecule has 2 aromatic rings. The molecule has 0 unspecified atom stereocenters. The fourth-order valence-electron chi connectivity index (χ4n) is 1.79. The standard InChI is InChI=1S/C14H18N2S/c1-5-11-12(14(2,3)4)17-13(16-11)10-7-6-8-15-9-10/h6-9H,5H2,1-4H3. The summed E-state index contributed by atoms with van der Waals surface area (Å²) in [5, 5.41) is 1.08. The Hall–Kier alpha value is -1.22. The molecule has 0 bridgehead atoms. The quantitative estimate of drug-likeness (QED) is 0.798. The van der Waals surface area contributed by atoms with Gasteiger partial charge in [-0.15, -0.1) is 11.3 Å². The molecule has 0 atom stereocenters. The number of pyridine rings is 1. The molecule has 0 aliphatic carbocycles. The van der Waals surface area contributed by atoms with Crippen molar-refractivity contribution in [3.63, 3.8) is 0 Å². The largest absolute Gasteiger partial charge is 0.264 e. The molecule has 17 heavy (non-hydrogen) atoms. The smallest absolute Gasteiger partial charge is 0.125 e. The first-order chi connectivity index (χ1) is 8.02. The summed E-state index contributed by atoms with van der Waals surface area (Å²) in [5.41, 5.74) is 2.51. The second-order valence-corrected chi connectivity index (χ2v) is 6.14. The third-order valence-corrected chi connectivity index (χ3v) is 4.19. The van der Waals surface area contributed by atoms with Gasteiger partial charge in [-0.3, -0.25) is 4.98 Å². The van der Waals surface area contributed by atoms with Gasteiger partial charge >= 0.3 is 0 Å². The van der Waals surface area contributed by atoms with Gasteiger partial charge in [0.05, 0.1) is 5.69 Å². The summed E-state index contributed by atoms with van der Waals surface area (Å²) in [4.78, 5) is 10.3. The summed E-state index contributed by atoms with van der Waals surface area (Å²) < 4.78 is 0. The van der Waals surface area contributed by atoms with E-state index in [-0.39, 0.29) is 5.41 Å². The zero-order chi connectivity index (χ0) is 12.5. The van der Waals surface area contributed by atoms with Crippen LogP contribution in [-0.2, 0) is 11.8 Å². The maximum absolute atomic E-state index is 4.74. The fraction of sp³-hybridized carbons (Fsp3) is 0.429. The molecule has 0 aliphatic heterocycles. The molecule has 0 aromatic carbocycles. The van der Waals surface area contributed by atoms with Gasteiger partial charge in [-0.25, -0.2) is 4.98 Å². The molecule has 0 saturated heterocycles. The molecule has 90 valence electrons. The van der Waals surface area contributed by atoms with Crippen LogP contribution in [0.3, 0.4) is 0 Å². The zero-order valence-electron chi connectivity index (χ0n) is 10.8. The molecule has 0 saturated carbocycles. The molecular formula is C14H18N2S. The number of aromatic nitrogens is 2. The minimum absolute atomic E-state index is 0.170. The molecule has 0 N–H and O–H groups in total. The Bertz CT molecular complexity index is 495. The van der Waals surface area contributed by atoms with E-state index in [9.17, 15) is 0 Å². The monoisotopic (exact) mass is 246 g/mol. The molecule has 0 aliphatic rings. The van der Waals surface area contributed by atoms with Crippen molar-refractivity contribution in [2.24, 2.45) is 0 Å². The number of hydrogen-bond donors (Lipinski definition) is 0. The lowest BCUT2D eigenvalue weighted by Gasteiger charge is -2.17. The number of hydrogen-bond acceptors (Lipinski definition) is 3. The molecular weight excluding hydrogens is 228 g/mol. The maximum atomic E-state index is 4.74. The molecule has 0 amide bonds. The van der Waals surface area contributed by atoms with Crippen molar-refractivity contribution in [3.8, 4) is 10.6 Å². The predicted molar refractivity (Wildman–Crippen MR) is 73.4 cm³/mol. The first kappa shape index (κ1) is 12.2. The summed E-state index contributed by atoms with van der Waals surface area (Å²) in [5.74, 6) is 0. The van der Waals surface area contributed by atoms with Gasteiger partial charge in [-0.1, -0.05) is 27.7 Å². The van der Waals surface area contributed by atoms with Crippen molar-refractivity contribution in [1.29, 1.82) is 0 Å². The highest BCUT2D eigenvalue weighted by Crippen LogP contribution is 2.35. The molecule has 2 heterocycles. The molecule has 2 nitrogen and oxygen atoms in total. The van der Waals surface area contributed by atoms with Crippen LogP contribution < -0.4 is 0 Å². The van der Waals surface area contributed by atoms with Crippen LogP contribution >= 0.6 is 11.3 Å². The third-order valence-electron chi connectivity index (χ3n) is 2.62. The van der Waals surface area contributed by atoms with Crippen molar-refractivity contribution in [3.05, 3.63) is 35.1 Å². The van der Waals surface area contributed by atoms with E-state index in [0.29, 0.717) is 0 Å². The van der Waals surface area contributed by atoms with Crippen LogP contribution in [0.25, 0.3) is 10.6 Å². The van der Waals surface area contributed by atoms with E-state index in [1.54, 1.807) is 17.5 Å². The number of thiazole rings is 1. The molecule has 3 heteroatoms. The minimum atomic E-state index is 0.170. The second kappa shape index (κ2) is 4.57. The van der Waals surface area contributed by atoms with Gasteiger partial charge < -0.3 is 0 Å². The number of aryl methyl sites for hydroxylation is 1. The summed E-state index contributed by atoms with van der Waals surface area (Å²) in [7, 11) is 0. The molecule has 2 rings (SSSR count). The van der Waals surface area contributed by atoms with Gasteiger partial charge in [0.25, 0.3) is 0 Å². The van der Waals surface area contributed by atoms with Crippen LogP contribution in [0.2, 0.25) is 0 Å². The van der Waals surface area contributed by atoms with Crippen LogP contribution in [-0.4, -0.2) is 9.97 Å². The van der Waals surface area contributed by atoms with E-state index >= 15 is 0 Å². The van der Waals surface area contributed by atoms with Crippen LogP contribution in [0.4, 0.5) is 0 Å². The Morgan fingerprint density at radius 1 is 1.29 bits per heavy atom. The van der Waals surface area contributed by atoms with Gasteiger partial charge in [-0.2, -0.15) is 0 Å². The summed E-state index contributed by atoms with van der Waals surface area (Å²) in [6.07, 6.45) is 4.66. The predicted octanol–water partition coefficient (Wildman–Crippen LogP) is 4.07. The van der Waals surface area contributed by atoms with E-state index in [1.165, 1.54) is 10.6 Å². The third kappa shape index (κ3) is 2.55. The highest BCUT2D eigenvalue weighted by atomic mass is 32.1. The van der Waals surface area contributed by atoms with Crippen molar-refractivity contribution < 1.29 is 0 Å². The van der Waals surface area contributed by atoms with E-state index < -0.39 is 0 Å². The Labute approximate surface area is 107 Å². The molecule has 2 aromatic heterocycles. The lowest BCUT2D eigenvalue weighted by atomic mass is 9.93. The Morgan fingerprint density at radius 2 is 2.06 bits per heavy atom. The Morgan fingerprint density at radius 3 is 2.53 bits per heavy atom. The first-order valence-corrected chi connectivity index (χ1v) is 6.74. The van der Waals surface area contributed by atoms with E-state index in [2.05, 4.69) is 38.7 Å². The zero-order valence-corrected chi connectivity index (χ0v) is 11.6. The van der Waals surface area contributed by atoms with E-state index in [4.69, 9.17) is 4.98 Å². The van der Waals surface area contributed by atoms with Gasteiger partial charge in [0.2, 0.25) is 0 Å². The van der Waals surface area contributed by atoms with E-state index in [0.717, 1.165) is 17.0 Å². The lowest BCUT2D eigenvalue weighted by Crippen LogP contribution is -2.11. The summed E-state index contributed by atoms with van der Waals surface area (Å²) >= 11 is 1.79. The lowest BCUT2D eigenvalue weighted by molar-refractivity contribution is 0.595. The van der Waals surface area contributed by atoms with Crippen molar-refractivity contribution in [2.75, 3.05) is 0 Å². The van der Waals surface area contributed by atoms with Crippen molar-refractivity contribution in [2.45, 2.75) is 39.5 Å². The maximum Gasteiger partial charge on any atom is 0.125 e. The highest BCUT2D eigenvalue weighted by Gasteiger charge is 2.22. The van der Waals surface area contributed by atoms with Crippen molar-refractivity contribution >= 4 is 11.3 Å². The SMILES string of the molecule is CCc1nc(-c2cccnc2)sc1C(C)(C)C. The van der Waals surface area contributed by atoms with Crippen LogP contribution in [0.15, 0.2) is 24.5 Å². The highest BCUT2D eigenvalue weighted by molar-refractivity contribution is 7.15. The van der Waals surface area contributed by atoms with Crippen LogP contribution in [0.1, 0.15) is 38.3 Å². The molecule has 0 spiro atoms. The van der Waals surface area contributed by atoms with Gasteiger partial charge in [0.15, 0.2) is 0 Å². The Balaban J connectivity index is 2.49. The first-order valence-electron chi connectivity index (χ1n) is 5.93. The summed E-state index contributed by atoms with van der Waals surface area (Å²) in [6, 6.07) is 4.02. The fourth-order valence-corrected chi connectivity index (χ4v) is 2.99. The molecule has 0 radical (unpaired) electrons. The van der Waals surface area contributed by atoms with Gasteiger partial charge in [0, 0.05) is 22.8 Å². The van der Waals surface area contributed by atoms with Crippen molar-refractivity contribution in [1.82, 2.24) is 9.97 Å². The second-order valence-electron chi connectivity index (χ2n) is 5.14. The topological polar surface area (TPSA) is 25.8 Å². The number of nitrogens with zero attached hydrogens (tertiary/aromatic N) is 2. The molecule has 0 fully saturated rings. The van der Waals surface area contributed by atoms with Crippen LogP contribution in [0.5, 0.6) is 0 Å². The minimum Gasteiger partial charge on any atom is -0.264 e. The van der Waals surface area contributed by atoms with E-state index in [1.807, 2.05) is 12.3 Å².